The van der Waals surface area contributed by atoms with Crippen LogP contribution in [0, 0.1) is 0 Å². The molecule has 0 saturated carbocycles. The summed E-state index contributed by atoms with van der Waals surface area (Å²) >= 11 is 0. The molecule has 2 nitrogen and oxygen atoms in total. The van der Waals surface area contributed by atoms with E-state index in [1.54, 1.807) is 0 Å². The molecule has 0 radical (unpaired) electrons. The summed E-state index contributed by atoms with van der Waals surface area (Å²) in [5.41, 5.74) is 0. The molecule has 0 aromatic carbocycles. The van der Waals surface area contributed by atoms with Gasteiger partial charge < -0.3 is 42.9 Å². The van der Waals surface area contributed by atoms with Gasteiger partial charge in [-0.25, -0.2) is 0 Å². The lowest BCUT2D eigenvalue weighted by Crippen LogP contribution is -3.00. The largest absolute Gasteiger partial charge is 1.00 e. The first-order valence-electron chi connectivity index (χ1n) is 37.9. The van der Waals surface area contributed by atoms with Crippen LogP contribution in [0.25, 0.3) is 0 Å². The van der Waals surface area contributed by atoms with Gasteiger partial charge in [0.05, 0.1) is 54.4 Å². The molecule has 80 heavy (non-hydrogen) atoms. The summed E-state index contributed by atoms with van der Waals surface area (Å²) in [5, 5.41) is 0. The number of quaternary nitrogens is 2. The van der Waals surface area contributed by atoms with Gasteiger partial charge in [0.15, 0.2) is 0 Å². The second-order valence-electron chi connectivity index (χ2n) is 28.0. The summed E-state index contributed by atoms with van der Waals surface area (Å²) in [7, 11) is 9.87. The van der Waals surface area contributed by atoms with E-state index in [1.807, 2.05) is 0 Å². The second kappa shape index (κ2) is 76.0. The van der Waals surface area contributed by atoms with Crippen LogP contribution in [0.2, 0.25) is 0 Å². The van der Waals surface area contributed by atoms with Gasteiger partial charge >= 0.3 is 0 Å². The van der Waals surface area contributed by atoms with Crippen LogP contribution in [0.4, 0.5) is 0 Å². The van der Waals surface area contributed by atoms with Crippen molar-refractivity contribution in [3.05, 3.63) is 0 Å². The molecular formula is C76H160Br2N2. The van der Waals surface area contributed by atoms with Crippen molar-refractivity contribution in [2.45, 2.75) is 439 Å². The van der Waals surface area contributed by atoms with Gasteiger partial charge in [-0.3, -0.25) is 0 Å². The third-order valence-electron chi connectivity index (χ3n) is 18.5. The Bertz CT molecular complexity index is 874. The van der Waals surface area contributed by atoms with Crippen molar-refractivity contribution in [3.8, 4) is 0 Å². The lowest BCUT2D eigenvalue weighted by atomic mass is 10.0. The molecule has 0 bridgehead atoms. The third-order valence-corrected chi connectivity index (χ3v) is 18.5. The molecule has 0 aromatic heterocycles. The fraction of sp³-hybridized carbons (Fsp3) is 1.00. The van der Waals surface area contributed by atoms with Crippen LogP contribution >= 0.6 is 0 Å². The summed E-state index contributed by atoms with van der Waals surface area (Å²) in [4.78, 5) is 0. The first kappa shape index (κ1) is 87.3. The molecule has 0 saturated heterocycles. The van der Waals surface area contributed by atoms with Crippen LogP contribution in [0.5, 0.6) is 0 Å². The van der Waals surface area contributed by atoms with E-state index in [2.05, 4.69) is 55.9 Å². The molecule has 0 atom stereocenters. The smallest absolute Gasteiger partial charge is 0.0782 e. The maximum Gasteiger partial charge on any atom is 0.0782 e. The van der Waals surface area contributed by atoms with Crippen LogP contribution < -0.4 is 34.0 Å². The summed E-state index contributed by atoms with van der Waals surface area (Å²) < 4.78 is 2.49. The first-order chi connectivity index (χ1) is 38.2. The molecule has 0 unspecified atom stereocenters. The predicted molar refractivity (Wildman–Crippen MR) is 362 cm³/mol. The Balaban J connectivity index is -0.000000704. The molecule has 0 aromatic rings. The van der Waals surface area contributed by atoms with E-state index in [0.29, 0.717) is 0 Å². The molecular weight excluding hydrogens is 1100 g/mol. The van der Waals surface area contributed by atoms with Crippen molar-refractivity contribution in [1.29, 1.82) is 0 Å². The zero-order valence-corrected chi connectivity index (χ0v) is 60.9. The molecule has 0 spiro atoms. The summed E-state index contributed by atoms with van der Waals surface area (Å²) in [5.74, 6) is 0. The number of hydrogen-bond donors (Lipinski definition) is 0. The summed E-state index contributed by atoms with van der Waals surface area (Å²) in [6.07, 6.45) is 93.9. The first-order valence-corrected chi connectivity index (χ1v) is 37.9. The lowest BCUT2D eigenvalue weighted by molar-refractivity contribution is -0.890. The number of hydrogen-bond acceptors (Lipinski definition) is 0. The van der Waals surface area contributed by atoms with Crippen molar-refractivity contribution in [3.63, 3.8) is 0 Å². The molecule has 0 fully saturated rings. The Hall–Kier alpha value is 0.880. The van der Waals surface area contributed by atoms with E-state index in [1.165, 1.54) is 446 Å². The Labute approximate surface area is 532 Å². The summed E-state index contributed by atoms with van der Waals surface area (Å²) in [6, 6.07) is 0. The van der Waals surface area contributed by atoms with Crippen LogP contribution in [0.3, 0.4) is 0 Å². The number of rotatable bonds is 68. The zero-order valence-electron chi connectivity index (χ0n) is 57.7. The second-order valence-corrected chi connectivity index (χ2v) is 28.0. The van der Waals surface area contributed by atoms with E-state index >= 15 is 0 Å². The number of halogens is 2. The van der Waals surface area contributed by atoms with Gasteiger partial charge in [0.25, 0.3) is 0 Å². The van der Waals surface area contributed by atoms with Crippen LogP contribution in [-0.2, 0) is 0 Å². The highest BCUT2D eigenvalue weighted by Gasteiger charge is 2.15. The molecule has 0 aliphatic carbocycles. The maximum absolute atomic E-state index is 2.47. The Morgan fingerprint density at radius 2 is 0.200 bits per heavy atom. The van der Waals surface area contributed by atoms with Gasteiger partial charge in [-0.05, 0) is 51.4 Å². The SMILES string of the molecule is CCCCCCCCCCCCCCCCCC[N+](C)(C)CCCCCCCCCCCCCCCCCC.CCCCCCCCCCCCCCCCCC[N+](C)(C)CCCCCCCCCCCCCCCCCC.[Br-].[Br-]. The monoisotopic (exact) mass is 1260 g/mol. The van der Waals surface area contributed by atoms with Gasteiger partial charge in [-0.1, -0.05) is 387 Å². The summed E-state index contributed by atoms with van der Waals surface area (Å²) in [6.45, 7) is 14.8. The molecule has 0 amide bonds. The molecule has 4 heteroatoms. The Morgan fingerprint density at radius 1 is 0.125 bits per heavy atom. The van der Waals surface area contributed by atoms with Gasteiger partial charge in [-0.15, -0.1) is 0 Å². The van der Waals surface area contributed by atoms with E-state index in [9.17, 15) is 0 Å². The van der Waals surface area contributed by atoms with Crippen molar-refractivity contribution < 1.29 is 42.9 Å². The van der Waals surface area contributed by atoms with Crippen molar-refractivity contribution in [1.82, 2.24) is 0 Å². The van der Waals surface area contributed by atoms with Crippen molar-refractivity contribution >= 4 is 0 Å². The van der Waals surface area contributed by atoms with Crippen LogP contribution in [-0.4, -0.2) is 63.3 Å². The van der Waals surface area contributed by atoms with Crippen LogP contribution in [0.15, 0.2) is 0 Å². The van der Waals surface area contributed by atoms with E-state index < -0.39 is 0 Å². The average Bonchev–Trinajstić information content (AvgIpc) is 3.42. The van der Waals surface area contributed by atoms with Gasteiger partial charge in [0.1, 0.15) is 0 Å². The zero-order chi connectivity index (χ0) is 57.1. The van der Waals surface area contributed by atoms with Crippen LogP contribution in [0.1, 0.15) is 439 Å². The molecule has 0 aliphatic heterocycles. The average molecular weight is 1260 g/mol. The fourth-order valence-electron chi connectivity index (χ4n) is 12.6. The molecule has 0 N–H and O–H groups in total. The van der Waals surface area contributed by atoms with Gasteiger partial charge in [-0.2, -0.15) is 0 Å². The van der Waals surface area contributed by atoms with E-state index in [-0.39, 0.29) is 34.0 Å². The van der Waals surface area contributed by atoms with E-state index in [4.69, 9.17) is 0 Å². The minimum atomic E-state index is 0. The standard InChI is InChI=1S/2C38H80N.2BrH/c2*1-5-7-9-11-13-15-17-19-21-23-25-27-29-31-33-35-37-39(3,4)38-36-34-32-30-28-26-24-22-20-18-16-14-12-10-8-6-2;;/h2*5-38H2,1-4H3;2*1H/q2*+1;;/p-2. The quantitative estimate of drug-likeness (QED) is 0.0421. The normalized spacial score (nSPS) is 11.7. The van der Waals surface area contributed by atoms with Crippen molar-refractivity contribution in [2.75, 3.05) is 54.4 Å². The highest BCUT2D eigenvalue weighted by molar-refractivity contribution is 4.56. The maximum atomic E-state index is 2.47. The minimum absolute atomic E-state index is 0. The molecule has 488 valence electrons. The highest BCUT2D eigenvalue weighted by atomic mass is 79.9. The third kappa shape index (κ3) is 80.9. The Morgan fingerprint density at radius 3 is 0.287 bits per heavy atom. The Kier molecular flexibility index (Phi) is 82.9. The van der Waals surface area contributed by atoms with E-state index in [0.717, 1.165) is 0 Å². The highest BCUT2D eigenvalue weighted by Crippen LogP contribution is 2.20. The molecule has 0 heterocycles. The topological polar surface area (TPSA) is 0 Å². The number of unbranched alkanes of at least 4 members (excludes halogenated alkanes) is 60. The fourth-order valence-corrected chi connectivity index (χ4v) is 12.6. The molecule has 0 aliphatic rings. The predicted octanol–water partition coefficient (Wildman–Crippen LogP) is 21.2. The van der Waals surface area contributed by atoms with Crippen molar-refractivity contribution in [2.24, 2.45) is 0 Å². The lowest BCUT2D eigenvalue weighted by Gasteiger charge is -2.30. The van der Waals surface area contributed by atoms with Gasteiger partial charge in [0.2, 0.25) is 0 Å². The minimum Gasteiger partial charge on any atom is -1.00 e. The molecule has 0 rings (SSSR count). The van der Waals surface area contributed by atoms with Gasteiger partial charge in [0, 0.05) is 0 Å². The number of nitrogens with zero attached hydrogens (tertiary/aromatic N) is 2.